The van der Waals surface area contributed by atoms with E-state index in [1.165, 1.54) is 12.1 Å². The minimum atomic E-state index is -3.84. The molecule has 1 fully saturated rings. The Labute approximate surface area is 140 Å². The topological polar surface area (TPSA) is 92.3 Å². The highest BCUT2D eigenvalue weighted by Crippen LogP contribution is 2.20. The maximum atomic E-state index is 12.4. The zero-order valence-electron chi connectivity index (χ0n) is 13.0. The number of piperidine rings is 1. The third-order valence-electron chi connectivity index (χ3n) is 3.92. The van der Waals surface area contributed by atoms with Gasteiger partial charge in [0.2, 0.25) is 11.9 Å². The first-order valence-electron chi connectivity index (χ1n) is 7.70. The average molecular weight is 346 g/mol. The molecule has 126 valence electrons. The number of amides is 1. The Morgan fingerprint density at radius 2 is 1.83 bits per heavy atom. The van der Waals surface area contributed by atoms with Crippen molar-refractivity contribution in [1.82, 2.24) is 14.7 Å². The summed E-state index contributed by atoms with van der Waals surface area (Å²) in [7, 11) is -3.84. The minimum absolute atomic E-state index is 0.0809. The van der Waals surface area contributed by atoms with Gasteiger partial charge in [-0.3, -0.25) is 4.79 Å². The predicted octanol–water partition coefficient (Wildman–Crippen LogP) is 1.20. The fraction of sp³-hybridized carbons (Fsp3) is 0.312. The highest BCUT2D eigenvalue weighted by atomic mass is 32.2. The van der Waals surface area contributed by atoms with Crippen LogP contribution in [-0.2, 0) is 14.8 Å². The first-order valence-corrected chi connectivity index (χ1v) is 9.18. The summed E-state index contributed by atoms with van der Waals surface area (Å²) in [4.78, 5) is 22.8. The van der Waals surface area contributed by atoms with E-state index in [1.807, 2.05) is 4.90 Å². The molecule has 1 aromatic heterocycles. The third-order valence-corrected chi connectivity index (χ3v) is 5.28. The fourth-order valence-electron chi connectivity index (χ4n) is 2.70. The maximum absolute atomic E-state index is 12.4. The lowest BCUT2D eigenvalue weighted by molar-refractivity contribution is -0.123. The molecule has 1 N–H and O–H groups in total. The molecular weight excluding hydrogens is 328 g/mol. The highest BCUT2D eigenvalue weighted by Gasteiger charge is 2.29. The van der Waals surface area contributed by atoms with E-state index in [4.69, 9.17) is 0 Å². The zero-order valence-corrected chi connectivity index (χ0v) is 13.8. The van der Waals surface area contributed by atoms with Gasteiger partial charge in [-0.05, 0) is 31.0 Å². The van der Waals surface area contributed by atoms with Crippen molar-refractivity contribution in [3.05, 3.63) is 48.8 Å². The van der Waals surface area contributed by atoms with Crippen molar-refractivity contribution in [2.45, 2.75) is 17.7 Å². The fourth-order valence-corrected chi connectivity index (χ4v) is 3.77. The first-order chi connectivity index (χ1) is 11.6. The molecule has 1 unspecified atom stereocenters. The summed E-state index contributed by atoms with van der Waals surface area (Å²) in [6, 6.07) is 9.60. The number of hydrogen-bond donors (Lipinski definition) is 1. The quantitative estimate of drug-likeness (QED) is 0.894. The number of hydrogen-bond acceptors (Lipinski definition) is 6. The molecule has 1 aromatic carbocycles. The van der Waals surface area contributed by atoms with Crippen LogP contribution < -0.4 is 9.62 Å². The second-order valence-corrected chi connectivity index (χ2v) is 7.30. The number of aromatic nitrogens is 2. The number of rotatable bonds is 4. The van der Waals surface area contributed by atoms with Crippen LogP contribution in [0.4, 0.5) is 5.95 Å². The van der Waals surface area contributed by atoms with E-state index in [0.29, 0.717) is 18.9 Å². The smallest absolute Gasteiger partial charge is 0.264 e. The lowest BCUT2D eigenvalue weighted by Crippen LogP contribution is -2.45. The number of anilines is 1. The number of nitrogens with one attached hydrogen (secondary N) is 1. The molecule has 24 heavy (non-hydrogen) atoms. The van der Waals surface area contributed by atoms with Gasteiger partial charge in [0.05, 0.1) is 10.8 Å². The van der Waals surface area contributed by atoms with Crippen LogP contribution in [0.1, 0.15) is 12.8 Å². The number of nitrogens with zero attached hydrogens (tertiary/aromatic N) is 3. The third kappa shape index (κ3) is 3.70. The van der Waals surface area contributed by atoms with Crippen molar-refractivity contribution in [2.75, 3.05) is 18.0 Å². The zero-order chi connectivity index (χ0) is 17.0. The number of benzene rings is 1. The Kier molecular flexibility index (Phi) is 4.75. The molecule has 7 nitrogen and oxygen atoms in total. The number of carbonyl (C=O) groups excluding carboxylic acids is 1. The molecule has 0 radical (unpaired) electrons. The molecule has 0 bridgehead atoms. The Bertz CT molecular complexity index is 797. The minimum Gasteiger partial charge on any atom is -0.340 e. The summed E-state index contributed by atoms with van der Waals surface area (Å²) in [6.45, 7) is 1.15. The molecule has 3 rings (SSSR count). The highest BCUT2D eigenvalue weighted by molar-refractivity contribution is 7.90. The van der Waals surface area contributed by atoms with Gasteiger partial charge in [-0.2, -0.15) is 0 Å². The van der Waals surface area contributed by atoms with E-state index in [1.54, 1.807) is 36.7 Å². The van der Waals surface area contributed by atoms with Crippen molar-refractivity contribution >= 4 is 21.9 Å². The van der Waals surface area contributed by atoms with Gasteiger partial charge < -0.3 is 4.90 Å². The molecule has 1 amide bonds. The van der Waals surface area contributed by atoms with Crippen LogP contribution in [0, 0.1) is 5.92 Å². The molecule has 0 saturated carbocycles. The largest absolute Gasteiger partial charge is 0.340 e. The van der Waals surface area contributed by atoms with Crippen LogP contribution in [0.15, 0.2) is 53.7 Å². The van der Waals surface area contributed by atoms with Crippen LogP contribution in [0.25, 0.3) is 0 Å². The summed E-state index contributed by atoms with van der Waals surface area (Å²) in [6.07, 6.45) is 4.71. The molecule has 0 spiro atoms. The van der Waals surface area contributed by atoms with E-state index in [0.717, 1.165) is 13.0 Å². The average Bonchev–Trinajstić information content (AvgIpc) is 2.63. The van der Waals surface area contributed by atoms with E-state index in [2.05, 4.69) is 14.7 Å². The van der Waals surface area contributed by atoms with Gasteiger partial charge in [0.15, 0.2) is 0 Å². The van der Waals surface area contributed by atoms with Gasteiger partial charge in [-0.1, -0.05) is 18.2 Å². The number of carbonyl (C=O) groups is 1. The van der Waals surface area contributed by atoms with Crippen LogP contribution in [-0.4, -0.2) is 37.4 Å². The molecule has 1 saturated heterocycles. The van der Waals surface area contributed by atoms with Crippen molar-refractivity contribution in [3.8, 4) is 0 Å². The lowest BCUT2D eigenvalue weighted by atomic mass is 9.98. The van der Waals surface area contributed by atoms with Gasteiger partial charge in [-0.25, -0.2) is 23.1 Å². The van der Waals surface area contributed by atoms with Crippen LogP contribution in [0.5, 0.6) is 0 Å². The van der Waals surface area contributed by atoms with Crippen LogP contribution in [0.3, 0.4) is 0 Å². The molecule has 8 heteroatoms. The second kappa shape index (κ2) is 6.96. The van der Waals surface area contributed by atoms with E-state index >= 15 is 0 Å². The monoisotopic (exact) mass is 346 g/mol. The van der Waals surface area contributed by atoms with Crippen molar-refractivity contribution in [3.63, 3.8) is 0 Å². The molecular formula is C16H18N4O3S. The van der Waals surface area contributed by atoms with E-state index in [9.17, 15) is 13.2 Å². The Hall–Kier alpha value is -2.48. The molecule has 1 atom stereocenters. The van der Waals surface area contributed by atoms with Gasteiger partial charge in [0.25, 0.3) is 10.0 Å². The first kappa shape index (κ1) is 16.4. The standard InChI is InChI=1S/C16H18N4O3S/c21-15(19-24(22,23)14-7-2-1-3-8-14)13-6-4-11-20(12-13)16-17-9-5-10-18-16/h1-3,5,7-10,13H,4,6,11-12H2,(H,19,21). The molecule has 1 aliphatic rings. The normalized spacial score (nSPS) is 18.2. The maximum Gasteiger partial charge on any atom is 0.264 e. The molecule has 2 aromatic rings. The molecule has 0 aliphatic carbocycles. The van der Waals surface area contributed by atoms with Gasteiger partial charge >= 0.3 is 0 Å². The Morgan fingerprint density at radius 1 is 1.12 bits per heavy atom. The molecule has 2 heterocycles. The van der Waals surface area contributed by atoms with Crippen LogP contribution in [0.2, 0.25) is 0 Å². The summed E-state index contributed by atoms with van der Waals surface area (Å²) in [5.74, 6) is -0.346. The lowest BCUT2D eigenvalue weighted by Gasteiger charge is -2.31. The number of sulfonamides is 1. The van der Waals surface area contributed by atoms with Gasteiger partial charge in [0, 0.05) is 25.5 Å². The van der Waals surface area contributed by atoms with Crippen molar-refractivity contribution in [1.29, 1.82) is 0 Å². The Balaban J connectivity index is 1.69. The van der Waals surface area contributed by atoms with Crippen molar-refractivity contribution in [2.24, 2.45) is 5.92 Å². The summed E-state index contributed by atoms with van der Waals surface area (Å²) < 4.78 is 26.7. The summed E-state index contributed by atoms with van der Waals surface area (Å²) in [5, 5.41) is 0. The van der Waals surface area contributed by atoms with E-state index in [-0.39, 0.29) is 4.90 Å². The predicted molar refractivity (Wildman–Crippen MR) is 88.7 cm³/mol. The second-order valence-electron chi connectivity index (χ2n) is 5.62. The van der Waals surface area contributed by atoms with Crippen molar-refractivity contribution < 1.29 is 13.2 Å². The summed E-state index contributed by atoms with van der Waals surface area (Å²) in [5.41, 5.74) is 0. The van der Waals surface area contributed by atoms with Gasteiger partial charge in [0.1, 0.15) is 0 Å². The SMILES string of the molecule is O=C(NS(=O)(=O)c1ccccc1)C1CCCN(c2ncccn2)C1. The Morgan fingerprint density at radius 3 is 2.54 bits per heavy atom. The molecule has 1 aliphatic heterocycles. The van der Waals surface area contributed by atoms with Gasteiger partial charge in [-0.15, -0.1) is 0 Å². The summed E-state index contributed by atoms with van der Waals surface area (Å²) >= 11 is 0. The van der Waals surface area contributed by atoms with Crippen LogP contribution >= 0.6 is 0 Å². The van der Waals surface area contributed by atoms with E-state index < -0.39 is 21.8 Å².